The monoisotopic (exact) mass is 418 g/mol. The van der Waals surface area contributed by atoms with Gasteiger partial charge in [0.15, 0.2) is 11.5 Å². The molecule has 1 saturated heterocycles. The molecule has 0 aromatic carbocycles. The van der Waals surface area contributed by atoms with Crippen molar-refractivity contribution in [3.8, 4) is 0 Å². The van der Waals surface area contributed by atoms with Crippen molar-refractivity contribution in [1.82, 2.24) is 24.1 Å². The van der Waals surface area contributed by atoms with Crippen LogP contribution in [0.3, 0.4) is 0 Å². The Morgan fingerprint density at radius 2 is 1.86 bits per heavy atom. The Morgan fingerprint density at radius 1 is 1.07 bits per heavy atom. The molecule has 0 unspecified atom stereocenters. The number of fused-ring (bicyclic) bond motifs is 1. The van der Waals surface area contributed by atoms with Crippen LogP contribution in [0.4, 0.5) is 5.82 Å². The molecular formula is C18H22N6O2S2. The topological polar surface area (TPSA) is 83.7 Å². The SMILES string of the molecule is CCc1ccc(S(=O)(=O)N2CCN(c3ccc4nnc(C5CC5)n4n3)CC2)s1. The van der Waals surface area contributed by atoms with Crippen LogP contribution in [0.15, 0.2) is 28.5 Å². The maximum atomic E-state index is 12.9. The smallest absolute Gasteiger partial charge is 0.252 e. The Hall–Kier alpha value is -2.04. The first-order chi connectivity index (χ1) is 13.6. The van der Waals surface area contributed by atoms with Gasteiger partial charge in [0.25, 0.3) is 10.0 Å². The molecule has 0 N–H and O–H groups in total. The molecule has 28 heavy (non-hydrogen) atoms. The van der Waals surface area contributed by atoms with Crippen molar-refractivity contribution < 1.29 is 8.42 Å². The van der Waals surface area contributed by atoms with Crippen molar-refractivity contribution in [3.05, 3.63) is 35.0 Å². The molecule has 2 aliphatic rings. The number of thiophene rings is 1. The number of sulfonamides is 1. The molecule has 1 aliphatic heterocycles. The molecule has 3 aromatic rings. The highest BCUT2D eigenvalue weighted by molar-refractivity contribution is 7.91. The van der Waals surface area contributed by atoms with Gasteiger partial charge in [0.2, 0.25) is 0 Å². The summed E-state index contributed by atoms with van der Waals surface area (Å²) in [7, 11) is -3.41. The van der Waals surface area contributed by atoms with Crippen LogP contribution in [-0.4, -0.2) is 58.7 Å². The van der Waals surface area contributed by atoms with Crippen molar-refractivity contribution in [2.24, 2.45) is 0 Å². The summed E-state index contributed by atoms with van der Waals surface area (Å²) in [6.45, 7) is 4.18. The lowest BCUT2D eigenvalue weighted by Gasteiger charge is -2.34. The highest BCUT2D eigenvalue weighted by Gasteiger charge is 2.31. The van der Waals surface area contributed by atoms with Gasteiger partial charge in [-0.1, -0.05) is 6.92 Å². The quantitative estimate of drug-likeness (QED) is 0.631. The largest absolute Gasteiger partial charge is 0.353 e. The lowest BCUT2D eigenvalue weighted by Crippen LogP contribution is -2.48. The Labute approximate surface area is 167 Å². The normalized spacial score (nSPS) is 18.8. The molecule has 2 fully saturated rings. The van der Waals surface area contributed by atoms with Gasteiger partial charge in [-0.25, -0.2) is 8.42 Å². The number of hydrogen-bond donors (Lipinski definition) is 0. The Balaban J connectivity index is 1.33. The summed E-state index contributed by atoms with van der Waals surface area (Å²) in [6.07, 6.45) is 3.14. The number of hydrogen-bond acceptors (Lipinski definition) is 7. The summed E-state index contributed by atoms with van der Waals surface area (Å²) in [4.78, 5) is 3.23. The van der Waals surface area contributed by atoms with E-state index in [-0.39, 0.29) is 0 Å². The third kappa shape index (κ3) is 3.09. The predicted octanol–water partition coefficient (Wildman–Crippen LogP) is 2.14. The molecule has 8 nitrogen and oxygen atoms in total. The summed E-state index contributed by atoms with van der Waals surface area (Å²) < 4.78 is 29.7. The van der Waals surface area contributed by atoms with Gasteiger partial charge in [-0.15, -0.1) is 26.6 Å². The highest BCUT2D eigenvalue weighted by Crippen LogP contribution is 2.38. The second kappa shape index (κ2) is 6.78. The number of aromatic nitrogens is 4. The van der Waals surface area contributed by atoms with Crippen LogP contribution in [-0.2, 0) is 16.4 Å². The summed E-state index contributed by atoms with van der Waals surface area (Å²) in [5.41, 5.74) is 0.760. The summed E-state index contributed by atoms with van der Waals surface area (Å²) in [5.74, 6) is 2.25. The molecule has 0 amide bonds. The minimum atomic E-state index is -3.41. The average molecular weight is 419 g/mol. The van der Waals surface area contributed by atoms with Crippen molar-refractivity contribution in [2.75, 3.05) is 31.1 Å². The fourth-order valence-corrected chi connectivity index (χ4v) is 6.40. The van der Waals surface area contributed by atoms with E-state index in [1.807, 2.05) is 29.6 Å². The van der Waals surface area contributed by atoms with Gasteiger partial charge in [0.1, 0.15) is 10.0 Å². The minimum absolute atomic E-state index is 0.441. The lowest BCUT2D eigenvalue weighted by atomic mass is 10.3. The molecule has 1 saturated carbocycles. The first-order valence-corrected chi connectivity index (χ1v) is 11.9. The van der Waals surface area contributed by atoms with Gasteiger partial charge in [0, 0.05) is 37.0 Å². The molecule has 1 aliphatic carbocycles. The zero-order chi connectivity index (χ0) is 19.3. The van der Waals surface area contributed by atoms with Crippen LogP contribution in [0.25, 0.3) is 5.65 Å². The van der Waals surface area contributed by atoms with Crippen molar-refractivity contribution in [1.29, 1.82) is 0 Å². The van der Waals surface area contributed by atoms with E-state index >= 15 is 0 Å². The van der Waals surface area contributed by atoms with E-state index in [4.69, 9.17) is 5.10 Å². The van der Waals surface area contributed by atoms with Crippen LogP contribution >= 0.6 is 11.3 Å². The van der Waals surface area contributed by atoms with Gasteiger partial charge in [0.05, 0.1) is 0 Å². The molecule has 148 valence electrons. The molecule has 0 spiro atoms. The molecule has 10 heteroatoms. The van der Waals surface area contributed by atoms with Gasteiger partial charge < -0.3 is 4.90 Å². The first kappa shape index (κ1) is 18.0. The van der Waals surface area contributed by atoms with Crippen molar-refractivity contribution in [2.45, 2.75) is 36.3 Å². The third-order valence-corrected chi connectivity index (χ3v) is 8.95. The molecular weight excluding hydrogens is 396 g/mol. The predicted molar refractivity (Wildman–Crippen MR) is 107 cm³/mol. The minimum Gasteiger partial charge on any atom is -0.353 e. The second-order valence-electron chi connectivity index (χ2n) is 7.26. The lowest BCUT2D eigenvalue weighted by molar-refractivity contribution is 0.384. The van der Waals surface area contributed by atoms with Gasteiger partial charge >= 0.3 is 0 Å². The van der Waals surface area contributed by atoms with Gasteiger partial charge in [-0.2, -0.15) is 8.82 Å². The van der Waals surface area contributed by atoms with Crippen LogP contribution in [0.2, 0.25) is 0 Å². The average Bonchev–Trinajstić information content (AvgIpc) is 3.28. The number of aryl methyl sites for hydroxylation is 1. The zero-order valence-corrected chi connectivity index (χ0v) is 17.3. The molecule has 0 atom stereocenters. The van der Waals surface area contributed by atoms with Crippen molar-refractivity contribution >= 4 is 32.8 Å². The zero-order valence-electron chi connectivity index (χ0n) is 15.7. The third-order valence-electron chi connectivity index (χ3n) is 5.36. The molecule has 0 radical (unpaired) electrons. The summed E-state index contributed by atoms with van der Waals surface area (Å²) in [6, 6.07) is 7.51. The first-order valence-electron chi connectivity index (χ1n) is 9.62. The van der Waals surface area contributed by atoms with Gasteiger partial charge in [-0.3, -0.25) is 0 Å². The van der Waals surface area contributed by atoms with Crippen LogP contribution < -0.4 is 4.90 Å². The van der Waals surface area contributed by atoms with Crippen molar-refractivity contribution in [3.63, 3.8) is 0 Å². The maximum absolute atomic E-state index is 12.9. The van der Waals surface area contributed by atoms with E-state index in [9.17, 15) is 8.42 Å². The molecule has 5 rings (SSSR count). The van der Waals surface area contributed by atoms with Crippen LogP contribution in [0.5, 0.6) is 0 Å². The van der Waals surface area contributed by atoms with Crippen LogP contribution in [0.1, 0.15) is 36.4 Å². The fourth-order valence-electron chi connectivity index (χ4n) is 3.53. The van der Waals surface area contributed by atoms with Crippen LogP contribution in [0, 0.1) is 0 Å². The molecule has 4 heterocycles. The Kier molecular flexibility index (Phi) is 4.37. The second-order valence-corrected chi connectivity index (χ2v) is 10.6. The fraction of sp³-hybridized carbons (Fsp3) is 0.500. The standard InChI is InChI=1S/C18H22N6O2S2/c1-2-14-5-8-17(27-14)28(25,26)23-11-9-22(10-12-23)16-7-6-15-19-20-18(13-3-4-13)24(15)21-16/h5-8,13H,2-4,9-12H2,1H3. The Bertz CT molecular complexity index is 1110. The van der Waals surface area contributed by atoms with E-state index in [1.165, 1.54) is 11.3 Å². The molecule has 0 bridgehead atoms. The highest BCUT2D eigenvalue weighted by atomic mass is 32.2. The number of nitrogens with zero attached hydrogens (tertiary/aromatic N) is 6. The van der Waals surface area contributed by atoms with E-state index in [1.54, 1.807) is 10.4 Å². The number of rotatable bonds is 5. The Morgan fingerprint density at radius 3 is 2.54 bits per heavy atom. The molecule has 3 aromatic heterocycles. The summed E-state index contributed by atoms with van der Waals surface area (Å²) in [5, 5.41) is 13.2. The van der Waals surface area contributed by atoms with E-state index < -0.39 is 10.0 Å². The maximum Gasteiger partial charge on any atom is 0.252 e. The summed E-state index contributed by atoms with van der Waals surface area (Å²) >= 11 is 1.37. The van der Waals surface area contributed by atoms with E-state index in [2.05, 4.69) is 15.1 Å². The van der Waals surface area contributed by atoms with E-state index in [0.29, 0.717) is 36.3 Å². The number of anilines is 1. The van der Waals surface area contributed by atoms with E-state index in [0.717, 1.165) is 41.4 Å². The van der Waals surface area contributed by atoms with Gasteiger partial charge in [-0.05, 0) is 43.5 Å². The number of piperazine rings is 1.